The van der Waals surface area contributed by atoms with Gasteiger partial charge in [-0.15, -0.1) is 0 Å². The van der Waals surface area contributed by atoms with E-state index in [2.05, 4.69) is 5.16 Å². The number of hydrogen-bond donors (Lipinski definition) is 2. The van der Waals surface area contributed by atoms with Crippen molar-refractivity contribution in [2.24, 2.45) is 10.9 Å². The van der Waals surface area contributed by atoms with E-state index >= 15 is 0 Å². The van der Waals surface area contributed by atoms with Crippen LogP contribution in [-0.4, -0.2) is 31.4 Å². The van der Waals surface area contributed by atoms with Crippen molar-refractivity contribution < 1.29 is 14.7 Å². The van der Waals surface area contributed by atoms with E-state index in [-0.39, 0.29) is 5.84 Å². The molecule has 18 heavy (non-hydrogen) atoms. The Balaban J connectivity index is 2.59. The van der Waals surface area contributed by atoms with Crippen molar-refractivity contribution >= 4 is 5.84 Å². The van der Waals surface area contributed by atoms with Gasteiger partial charge in [-0.3, -0.25) is 0 Å². The summed E-state index contributed by atoms with van der Waals surface area (Å²) in [6, 6.07) is 5.46. The summed E-state index contributed by atoms with van der Waals surface area (Å²) < 4.78 is 10.6. The highest BCUT2D eigenvalue weighted by Gasteiger charge is 2.05. The Bertz CT molecular complexity index is 405. The second-order valence-electron chi connectivity index (χ2n) is 4.01. The minimum absolute atomic E-state index is 0.0826. The van der Waals surface area contributed by atoms with E-state index in [1.165, 1.54) is 0 Å². The topological polar surface area (TPSA) is 77.1 Å². The fourth-order valence-corrected chi connectivity index (χ4v) is 1.50. The second kappa shape index (κ2) is 7.55. The van der Waals surface area contributed by atoms with Gasteiger partial charge in [-0.2, -0.15) is 0 Å². The molecule has 1 aromatic carbocycles. The normalized spacial score (nSPS) is 11.6. The van der Waals surface area contributed by atoms with E-state index in [9.17, 15) is 0 Å². The van der Waals surface area contributed by atoms with Gasteiger partial charge in [-0.1, -0.05) is 17.3 Å². The molecule has 1 rings (SSSR count). The Hall–Kier alpha value is -1.75. The maximum Gasteiger partial charge on any atom is 0.170 e. The summed E-state index contributed by atoms with van der Waals surface area (Å²) in [7, 11) is 1.69. The molecule has 0 aliphatic heterocycles. The van der Waals surface area contributed by atoms with E-state index < -0.39 is 0 Å². The van der Waals surface area contributed by atoms with Gasteiger partial charge in [-0.05, 0) is 31.4 Å². The number of oxime groups is 1. The molecule has 0 aliphatic rings. The Kier molecular flexibility index (Phi) is 6.00. The number of unbranched alkanes of at least 4 members (excludes halogenated alkanes) is 1. The molecule has 3 N–H and O–H groups in total. The molecule has 0 unspecified atom stereocenters. The molecule has 0 amide bonds. The molecule has 0 saturated heterocycles. The standard InChI is InChI=1S/C13H20N2O3/c1-10-5-6-11(13(14)15-16)9-12(10)18-8-4-3-7-17-2/h5-6,9,16H,3-4,7-8H2,1-2H3,(H2,14,15). The number of ether oxygens (including phenoxy) is 2. The number of rotatable bonds is 7. The summed E-state index contributed by atoms with van der Waals surface area (Å²) in [5.74, 6) is 0.843. The van der Waals surface area contributed by atoms with Crippen LogP contribution in [0.3, 0.4) is 0 Å². The second-order valence-corrected chi connectivity index (χ2v) is 4.01. The third-order valence-corrected chi connectivity index (χ3v) is 2.59. The maximum atomic E-state index is 8.63. The zero-order valence-corrected chi connectivity index (χ0v) is 10.8. The minimum atomic E-state index is 0.0826. The first-order chi connectivity index (χ1) is 8.69. The molecule has 0 saturated carbocycles. The van der Waals surface area contributed by atoms with E-state index in [0.717, 1.165) is 30.8 Å². The number of nitrogens with zero attached hydrogens (tertiary/aromatic N) is 1. The van der Waals surface area contributed by atoms with Crippen LogP contribution < -0.4 is 10.5 Å². The number of benzene rings is 1. The quantitative estimate of drug-likeness (QED) is 0.255. The van der Waals surface area contributed by atoms with Crippen molar-refractivity contribution in [3.05, 3.63) is 29.3 Å². The number of amidine groups is 1. The molecule has 0 radical (unpaired) electrons. The molecule has 0 bridgehead atoms. The zero-order chi connectivity index (χ0) is 13.4. The Morgan fingerprint density at radius 1 is 1.33 bits per heavy atom. The van der Waals surface area contributed by atoms with Crippen LogP contribution in [0.5, 0.6) is 5.75 Å². The van der Waals surface area contributed by atoms with Crippen LogP contribution in [0.2, 0.25) is 0 Å². The average molecular weight is 252 g/mol. The van der Waals surface area contributed by atoms with E-state index in [1.807, 2.05) is 13.0 Å². The Morgan fingerprint density at radius 2 is 2.06 bits per heavy atom. The predicted molar refractivity (Wildman–Crippen MR) is 70.3 cm³/mol. The first-order valence-electron chi connectivity index (χ1n) is 5.89. The van der Waals surface area contributed by atoms with Crippen molar-refractivity contribution in [3.8, 4) is 5.75 Å². The largest absolute Gasteiger partial charge is 0.493 e. The number of hydrogen-bond acceptors (Lipinski definition) is 4. The molecule has 1 aromatic rings. The Morgan fingerprint density at radius 3 is 2.72 bits per heavy atom. The Labute approximate surface area is 107 Å². The van der Waals surface area contributed by atoms with Crippen molar-refractivity contribution in [3.63, 3.8) is 0 Å². The monoisotopic (exact) mass is 252 g/mol. The summed E-state index contributed by atoms with van der Waals surface area (Å²) in [4.78, 5) is 0. The first-order valence-corrected chi connectivity index (χ1v) is 5.89. The van der Waals surface area contributed by atoms with Crippen molar-refractivity contribution in [2.75, 3.05) is 20.3 Å². The fourth-order valence-electron chi connectivity index (χ4n) is 1.50. The van der Waals surface area contributed by atoms with Crippen LogP contribution in [0, 0.1) is 6.92 Å². The minimum Gasteiger partial charge on any atom is -0.493 e. The fraction of sp³-hybridized carbons (Fsp3) is 0.462. The lowest BCUT2D eigenvalue weighted by Gasteiger charge is -2.10. The molecule has 0 heterocycles. The van der Waals surface area contributed by atoms with Gasteiger partial charge in [0, 0.05) is 19.3 Å². The summed E-state index contributed by atoms with van der Waals surface area (Å²) >= 11 is 0. The molecule has 5 nitrogen and oxygen atoms in total. The van der Waals surface area contributed by atoms with Gasteiger partial charge in [0.25, 0.3) is 0 Å². The molecule has 0 aliphatic carbocycles. The van der Waals surface area contributed by atoms with E-state index in [4.69, 9.17) is 20.4 Å². The molecule has 0 spiro atoms. The van der Waals surface area contributed by atoms with Crippen molar-refractivity contribution in [1.82, 2.24) is 0 Å². The summed E-state index contributed by atoms with van der Waals surface area (Å²) in [5, 5.41) is 11.6. The molecule has 0 atom stereocenters. The molecular weight excluding hydrogens is 232 g/mol. The summed E-state index contributed by atoms with van der Waals surface area (Å²) in [5.41, 5.74) is 7.21. The molecular formula is C13H20N2O3. The van der Waals surface area contributed by atoms with E-state index in [1.54, 1.807) is 19.2 Å². The van der Waals surface area contributed by atoms with Crippen LogP contribution >= 0.6 is 0 Å². The lowest BCUT2D eigenvalue weighted by molar-refractivity contribution is 0.184. The van der Waals surface area contributed by atoms with E-state index in [0.29, 0.717) is 12.2 Å². The van der Waals surface area contributed by atoms with Gasteiger partial charge < -0.3 is 20.4 Å². The summed E-state index contributed by atoms with van der Waals surface area (Å²) in [6.07, 6.45) is 1.90. The highest BCUT2D eigenvalue weighted by Crippen LogP contribution is 2.19. The molecule has 0 aromatic heterocycles. The first kappa shape index (κ1) is 14.3. The average Bonchev–Trinajstić information content (AvgIpc) is 2.39. The molecule has 0 fully saturated rings. The van der Waals surface area contributed by atoms with Crippen LogP contribution in [0.15, 0.2) is 23.4 Å². The van der Waals surface area contributed by atoms with Gasteiger partial charge in [0.15, 0.2) is 5.84 Å². The van der Waals surface area contributed by atoms with Gasteiger partial charge in [0.05, 0.1) is 6.61 Å². The lowest BCUT2D eigenvalue weighted by Crippen LogP contribution is -2.13. The summed E-state index contributed by atoms with van der Waals surface area (Å²) in [6.45, 7) is 3.33. The number of aryl methyl sites for hydroxylation is 1. The predicted octanol–water partition coefficient (Wildman–Crippen LogP) is 1.89. The highest BCUT2D eigenvalue weighted by molar-refractivity contribution is 5.97. The van der Waals surface area contributed by atoms with Crippen LogP contribution in [0.25, 0.3) is 0 Å². The zero-order valence-electron chi connectivity index (χ0n) is 10.8. The third kappa shape index (κ3) is 4.25. The van der Waals surface area contributed by atoms with Crippen molar-refractivity contribution in [2.45, 2.75) is 19.8 Å². The van der Waals surface area contributed by atoms with Crippen LogP contribution in [0.4, 0.5) is 0 Å². The number of methoxy groups -OCH3 is 1. The highest BCUT2D eigenvalue weighted by atomic mass is 16.5. The van der Waals surface area contributed by atoms with Gasteiger partial charge in [0.1, 0.15) is 5.75 Å². The number of nitrogens with two attached hydrogens (primary N) is 1. The van der Waals surface area contributed by atoms with Gasteiger partial charge in [0.2, 0.25) is 0 Å². The van der Waals surface area contributed by atoms with Crippen LogP contribution in [-0.2, 0) is 4.74 Å². The third-order valence-electron chi connectivity index (χ3n) is 2.59. The van der Waals surface area contributed by atoms with Crippen molar-refractivity contribution in [1.29, 1.82) is 0 Å². The molecule has 5 heteroatoms. The van der Waals surface area contributed by atoms with Gasteiger partial charge in [-0.25, -0.2) is 0 Å². The SMILES string of the molecule is COCCCCOc1cc(/C(N)=N/O)ccc1C. The van der Waals surface area contributed by atoms with Crippen LogP contribution in [0.1, 0.15) is 24.0 Å². The molecule has 100 valence electrons. The van der Waals surface area contributed by atoms with Gasteiger partial charge >= 0.3 is 0 Å². The maximum absolute atomic E-state index is 8.63. The lowest BCUT2D eigenvalue weighted by atomic mass is 10.1. The smallest absolute Gasteiger partial charge is 0.170 e.